The van der Waals surface area contributed by atoms with E-state index in [1.54, 1.807) is 32.4 Å². The predicted octanol–water partition coefficient (Wildman–Crippen LogP) is 1.88. The summed E-state index contributed by atoms with van der Waals surface area (Å²) in [6.07, 6.45) is 4.50. The molecule has 0 heterocycles. The number of nitrogens with two attached hydrogens (primary N) is 1. The molecule has 0 aliphatic rings. The zero-order chi connectivity index (χ0) is 13.3. The van der Waals surface area contributed by atoms with Crippen LogP contribution in [0.5, 0.6) is 0 Å². The fourth-order valence-corrected chi connectivity index (χ4v) is 1.12. The van der Waals surface area contributed by atoms with Gasteiger partial charge >= 0.3 is 0 Å². The maximum Gasteiger partial charge on any atom is 0.150 e. The van der Waals surface area contributed by atoms with Crippen LogP contribution in [-0.4, -0.2) is 39.5 Å². The second-order valence-electron chi connectivity index (χ2n) is 3.66. The van der Waals surface area contributed by atoms with Gasteiger partial charge in [0, 0.05) is 45.1 Å². The molecule has 0 unspecified atom stereocenters. The zero-order valence-electron chi connectivity index (χ0n) is 10.8. The molecule has 0 amide bonds. The van der Waals surface area contributed by atoms with Gasteiger partial charge in [-0.05, 0) is 18.3 Å². The Morgan fingerprint density at radius 1 is 1.29 bits per heavy atom. The summed E-state index contributed by atoms with van der Waals surface area (Å²) in [5, 5.41) is 0. The maximum absolute atomic E-state index is 10.7. The van der Waals surface area contributed by atoms with Gasteiger partial charge in [0.2, 0.25) is 0 Å². The number of benzene rings is 1. The Hall–Kier alpha value is -1.81. The number of nitrogen functional groups attached to an aromatic ring is 1. The Balaban J connectivity index is 0.000000770. The first-order valence-corrected chi connectivity index (χ1v) is 5.15. The van der Waals surface area contributed by atoms with Crippen molar-refractivity contribution < 1.29 is 9.53 Å². The van der Waals surface area contributed by atoms with E-state index in [0.717, 1.165) is 11.8 Å². The Morgan fingerprint density at radius 2 is 1.88 bits per heavy atom. The number of ether oxygens (including phenoxy) is 1. The molecule has 94 valence electrons. The summed E-state index contributed by atoms with van der Waals surface area (Å²) in [5.41, 5.74) is 7.76. The van der Waals surface area contributed by atoms with Crippen LogP contribution in [0.15, 0.2) is 24.4 Å². The minimum atomic E-state index is 0.614. The van der Waals surface area contributed by atoms with Crippen molar-refractivity contribution in [1.29, 1.82) is 0 Å². The minimum Gasteiger partial charge on any atom is -0.398 e. The zero-order valence-corrected chi connectivity index (χ0v) is 10.8. The van der Waals surface area contributed by atoms with Crippen molar-refractivity contribution >= 4 is 18.0 Å². The van der Waals surface area contributed by atoms with Crippen LogP contribution in [0, 0.1) is 0 Å². The van der Waals surface area contributed by atoms with Gasteiger partial charge in [0.05, 0.1) is 0 Å². The topological polar surface area (TPSA) is 55.6 Å². The van der Waals surface area contributed by atoms with E-state index in [4.69, 9.17) is 5.73 Å². The van der Waals surface area contributed by atoms with Crippen LogP contribution < -0.4 is 5.73 Å². The number of methoxy groups -OCH3 is 1. The number of nitrogens with zero attached hydrogens (tertiary/aromatic N) is 1. The fourth-order valence-electron chi connectivity index (χ4n) is 1.12. The average molecular weight is 236 g/mol. The lowest BCUT2D eigenvalue weighted by atomic mass is 10.1. The molecule has 4 nitrogen and oxygen atoms in total. The van der Waals surface area contributed by atoms with Crippen LogP contribution >= 0.6 is 0 Å². The summed E-state index contributed by atoms with van der Waals surface area (Å²) >= 11 is 0. The van der Waals surface area contributed by atoms with Crippen molar-refractivity contribution in [3.63, 3.8) is 0 Å². The number of aldehydes is 1. The maximum atomic E-state index is 10.7. The Morgan fingerprint density at radius 3 is 2.35 bits per heavy atom. The minimum absolute atomic E-state index is 0.614. The van der Waals surface area contributed by atoms with Crippen molar-refractivity contribution in [1.82, 2.24) is 4.90 Å². The molecule has 2 N–H and O–H groups in total. The Kier molecular flexibility index (Phi) is 7.46. The first-order valence-electron chi connectivity index (χ1n) is 5.15. The summed E-state index contributed by atoms with van der Waals surface area (Å²) in [4.78, 5) is 12.6. The van der Waals surface area contributed by atoms with E-state index < -0.39 is 0 Å². The number of carbonyl (C=O) groups is 1. The summed E-state index contributed by atoms with van der Waals surface area (Å²) in [5.74, 6) is 0. The molecule has 0 saturated heterocycles. The lowest BCUT2D eigenvalue weighted by Crippen LogP contribution is -2.01. The van der Waals surface area contributed by atoms with Crippen molar-refractivity contribution in [3.05, 3.63) is 35.5 Å². The van der Waals surface area contributed by atoms with E-state index in [2.05, 4.69) is 4.74 Å². The van der Waals surface area contributed by atoms with Gasteiger partial charge in [0.15, 0.2) is 6.29 Å². The molecule has 0 radical (unpaired) electrons. The standard InChI is InChI=1S/C11H14N2O.C2H6O/c1-13(2)7-6-10-9(8-14)4-3-5-11(10)12;1-3-2/h3-8H,12H2,1-2H3;1-2H3/b7-6+;. The predicted molar refractivity (Wildman–Crippen MR) is 71.9 cm³/mol. The van der Waals surface area contributed by atoms with E-state index in [1.807, 2.05) is 31.3 Å². The van der Waals surface area contributed by atoms with E-state index in [1.165, 1.54) is 0 Å². The largest absolute Gasteiger partial charge is 0.398 e. The van der Waals surface area contributed by atoms with Gasteiger partial charge in [-0.15, -0.1) is 0 Å². The van der Waals surface area contributed by atoms with Crippen molar-refractivity contribution in [3.8, 4) is 0 Å². The summed E-state index contributed by atoms with van der Waals surface area (Å²) < 4.78 is 4.25. The van der Waals surface area contributed by atoms with Crippen LogP contribution in [-0.2, 0) is 4.74 Å². The van der Waals surface area contributed by atoms with Gasteiger partial charge in [-0.1, -0.05) is 12.1 Å². The van der Waals surface area contributed by atoms with Gasteiger partial charge in [-0.3, -0.25) is 4.79 Å². The molecule has 1 aromatic carbocycles. The monoisotopic (exact) mass is 236 g/mol. The number of anilines is 1. The first-order chi connectivity index (χ1) is 8.06. The van der Waals surface area contributed by atoms with Crippen molar-refractivity contribution in [2.45, 2.75) is 0 Å². The molecular weight excluding hydrogens is 216 g/mol. The average Bonchev–Trinajstić information content (AvgIpc) is 2.28. The molecule has 0 aliphatic heterocycles. The van der Waals surface area contributed by atoms with Crippen LogP contribution in [0.3, 0.4) is 0 Å². The quantitative estimate of drug-likeness (QED) is 0.643. The van der Waals surface area contributed by atoms with Gasteiger partial charge in [-0.25, -0.2) is 0 Å². The molecule has 0 saturated carbocycles. The number of hydrogen-bond acceptors (Lipinski definition) is 4. The van der Waals surface area contributed by atoms with Gasteiger partial charge < -0.3 is 15.4 Å². The SMILES string of the molecule is CN(C)/C=C/c1c(N)cccc1C=O.COC. The highest BCUT2D eigenvalue weighted by Crippen LogP contribution is 2.17. The van der Waals surface area contributed by atoms with E-state index >= 15 is 0 Å². The smallest absolute Gasteiger partial charge is 0.150 e. The molecule has 0 aromatic heterocycles. The normalized spacial score (nSPS) is 9.65. The van der Waals surface area contributed by atoms with Crippen LogP contribution in [0.1, 0.15) is 15.9 Å². The molecule has 0 bridgehead atoms. The van der Waals surface area contributed by atoms with Crippen molar-refractivity contribution in [2.75, 3.05) is 34.0 Å². The molecule has 1 rings (SSSR count). The lowest BCUT2D eigenvalue weighted by molar-refractivity contribution is 0.112. The van der Waals surface area contributed by atoms with Gasteiger partial charge in [-0.2, -0.15) is 0 Å². The highest BCUT2D eigenvalue weighted by atomic mass is 16.4. The highest BCUT2D eigenvalue weighted by Gasteiger charge is 2.01. The molecule has 1 aromatic rings. The number of hydrogen-bond donors (Lipinski definition) is 1. The summed E-state index contributed by atoms with van der Waals surface area (Å²) in [6, 6.07) is 5.30. The molecule has 0 aliphatic carbocycles. The summed E-state index contributed by atoms with van der Waals surface area (Å²) in [7, 11) is 7.08. The van der Waals surface area contributed by atoms with Crippen LogP contribution in [0.25, 0.3) is 6.08 Å². The fraction of sp³-hybridized carbons (Fsp3) is 0.308. The first kappa shape index (κ1) is 15.2. The molecule has 0 spiro atoms. The summed E-state index contributed by atoms with van der Waals surface area (Å²) in [6.45, 7) is 0. The third-order valence-electron chi connectivity index (χ3n) is 1.84. The lowest BCUT2D eigenvalue weighted by Gasteiger charge is -2.06. The Bertz CT molecular complexity index is 374. The number of rotatable bonds is 3. The van der Waals surface area contributed by atoms with Crippen LogP contribution in [0.2, 0.25) is 0 Å². The van der Waals surface area contributed by atoms with Gasteiger partial charge in [0.1, 0.15) is 0 Å². The third-order valence-corrected chi connectivity index (χ3v) is 1.84. The van der Waals surface area contributed by atoms with E-state index in [9.17, 15) is 4.79 Å². The highest BCUT2D eigenvalue weighted by molar-refractivity contribution is 5.86. The van der Waals surface area contributed by atoms with Crippen molar-refractivity contribution in [2.24, 2.45) is 0 Å². The van der Waals surface area contributed by atoms with E-state index in [0.29, 0.717) is 11.3 Å². The molecule has 4 heteroatoms. The molecule has 0 fully saturated rings. The second kappa shape index (κ2) is 8.35. The third kappa shape index (κ3) is 5.73. The Labute approximate surface area is 103 Å². The number of carbonyl (C=O) groups excluding carboxylic acids is 1. The second-order valence-corrected chi connectivity index (χ2v) is 3.66. The molecule has 17 heavy (non-hydrogen) atoms. The van der Waals surface area contributed by atoms with E-state index in [-0.39, 0.29) is 0 Å². The van der Waals surface area contributed by atoms with Gasteiger partial charge in [0.25, 0.3) is 0 Å². The molecule has 0 atom stereocenters. The molecular formula is C13H20N2O2. The van der Waals surface area contributed by atoms with Crippen LogP contribution in [0.4, 0.5) is 5.69 Å².